The van der Waals surface area contributed by atoms with Crippen LogP contribution < -0.4 is 0 Å². The standard InChI is InChI=1S/ClH.Hg.H2O2/c;;1-2/h1H;;1-2H. The summed E-state index contributed by atoms with van der Waals surface area (Å²) in [6, 6.07) is 0. The molecule has 0 aliphatic carbocycles. The van der Waals surface area contributed by atoms with Gasteiger partial charge in [0.05, 0.1) is 0 Å². The summed E-state index contributed by atoms with van der Waals surface area (Å²) < 4.78 is 0. The van der Waals surface area contributed by atoms with E-state index in [0.29, 0.717) is 0 Å². The van der Waals surface area contributed by atoms with E-state index in [0.717, 1.165) is 0 Å². The molecule has 2 N–H and O–H groups in total. The van der Waals surface area contributed by atoms with E-state index in [9.17, 15) is 0 Å². The van der Waals surface area contributed by atoms with E-state index in [1.54, 1.807) is 0 Å². The molecule has 0 aliphatic heterocycles. The van der Waals surface area contributed by atoms with Crippen molar-refractivity contribution in [2.45, 2.75) is 0 Å². The van der Waals surface area contributed by atoms with Crippen molar-refractivity contribution in [2.75, 3.05) is 0 Å². The van der Waals surface area contributed by atoms with Crippen LogP contribution >= 0.6 is 12.4 Å². The van der Waals surface area contributed by atoms with Crippen molar-refractivity contribution in [1.29, 1.82) is 0 Å². The predicted octanol–water partition coefficient (Wildman–Crippen LogP) is 0.437. The van der Waals surface area contributed by atoms with Crippen LogP contribution in [-0.2, 0) is 27.7 Å². The van der Waals surface area contributed by atoms with Gasteiger partial charge in [-0.3, -0.25) is 10.5 Å². The first-order valence-corrected chi connectivity index (χ1v) is 0.200. The van der Waals surface area contributed by atoms with Crippen LogP contribution in [0.15, 0.2) is 0 Å². The van der Waals surface area contributed by atoms with Gasteiger partial charge in [-0.15, -0.1) is 12.4 Å². The Balaban J connectivity index is -0.00000000500. The van der Waals surface area contributed by atoms with Crippen molar-refractivity contribution in [3.8, 4) is 0 Å². The van der Waals surface area contributed by atoms with Crippen LogP contribution in [-0.4, -0.2) is 10.5 Å². The predicted molar refractivity (Wildman–Crippen MR) is 12.5 cm³/mol. The third kappa shape index (κ3) is 11.0. The molecule has 0 radical (unpaired) electrons. The van der Waals surface area contributed by atoms with Crippen molar-refractivity contribution in [3.05, 3.63) is 0 Å². The minimum atomic E-state index is 0. The average Bonchev–Trinajstić information content (AvgIpc) is 1.00. The van der Waals surface area contributed by atoms with Crippen molar-refractivity contribution in [2.24, 2.45) is 0 Å². The van der Waals surface area contributed by atoms with Crippen LogP contribution in [0.4, 0.5) is 0 Å². The minimum absolute atomic E-state index is 0. The second-order valence-electron chi connectivity index (χ2n) is 0. The fraction of sp³-hybridized carbons (Fsp3) is 0. The fourth-order valence-electron chi connectivity index (χ4n) is 0. The van der Waals surface area contributed by atoms with E-state index in [1.165, 1.54) is 0 Å². The summed E-state index contributed by atoms with van der Waals surface area (Å²) in [6.45, 7) is 0. The zero-order valence-electron chi connectivity index (χ0n) is 2.01. The molecule has 0 amide bonds. The summed E-state index contributed by atoms with van der Waals surface area (Å²) in [4.78, 5) is 0. The normalized spacial score (nSPS) is 1.50. The Morgan fingerprint density at radius 3 is 1.00 bits per heavy atom. The van der Waals surface area contributed by atoms with Gasteiger partial charge in [-0.25, -0.2) is 0 Å². The number of hydrogen-bond acceptors (Lipinski definition) is 2. The zero-order valence-corrected chi connectivity index (χ0v) is 8.32. The molecule has 0 spiro atoms. The largest absolute Gasteiger partial charge is 0.255 e. The Kier molecular flexibility index (Phi) is 150. The van der Waals surface area contributed by atoms with Gasteiger partial charge in [0.2, 0.25) is 0 Å². The summed E-state index contributed by atoms with van der Waals surface area (Å²) in [6.07, 6.45) is 0. The molecule has 0 bridgehead atoms. The van der Waals surface area contributed by atoms with Crippen LogP contribution in [0.3, 0.4) is 0 Å². The molecule has 0 aliphatic rings. The van der Waals surface area contributed by atoms with Crippen LogP contribution in [0, 0.1) is 0 Å². The molecule has 0 aromatic heterocycles. The van der Waals surface area contributed by atoms with Crippen LogP contribution in [0.1, 0.15) is 0 Å². The van der Waals surface area contributed by atoms with Crippen molar-refractivity contribution in [3.63, 3.8) is 0 Å². The molecule has 0 heterocycles. The summed E-state index contributed by atoms with van der Waals surface area (Å²) in [7, 11) is 0. The second kappa shape index (κ2) is 31.3. The molecule has 0 rings (SSSR count). The van der Waals surface area contributed by atoms with Gasteiger partial charge < -0.3 is 0 Å². The summed E-state index contributed by atoms with van der Waals surface area (Å²) in [5.74, 6) is 0. The van der Waals surface area contributed by atoms with Crippen molar-refractivity contribution in [1.82, 2.24) is 0 Å². The van der Waals surface area contributed by atoms with Crippen LogP contribution in [0.2, 0.25) is 0 Å². The van der Waals surface area contributed by atoms with Crippen LogP contribution in [0.25, 0.3) is 0 Å². The molecule has 0 atom stereocenters. The molecular formula is H3ClHgO2. The van der Waals surface area contributed by atoms with Gasteiger partial charge in [0, 0.05) is 27.7 Å². The van der Waals surface area contributed by atoms with E-state index in [2.05, 4.69) is 0 Å². The van der Waals surface area contributed by atoms with E-state index in [-0.39, 0.29) is 40.1 Å². The molecule has 0 unspecified atom stereocenters. The van der Waals surface area contributed by atoms with Gasteiger partial charge in [-0.2, -0.15) is 0 Å². The molecule has 4 heteroatoms. The van der Waals surface area contributed by atoms with Gasteiger partial charge in [0.1, 0.15) is 0 Å². The van der Waals surface area contributed by atoms with E-state index in [4.69, 9.17) is 10.5 Å². The number of hydrogen-bond donors (Lipinski definition) is 2. The maximum atomic E-state index is 6.00. The third-order valence-corrected chi connectivity index (χ3v) is 0. The van der Waals surface area contributed by atoms with E-state index < -0.39 is 0 Å². The quantitative estimate of drug-likeness (QED) is 0.381. The molecule has 2 nitrogen and oxygen atoms in total. The second-order valence-corrected chi connectivity index (χ2v) is 0. The molecule has 0 aromatic rings. The van der Waals surface area contributed by atoms with Crippen molar-refractivity contribution >= 4 is 12.4 Å². The molecule has 0 saturated carbocycles. The Bertz CT molecular complexity index is 6.00. The van der Waals surface area contributed by atoms with Gasteiger partial charge in [0.25, 0.3) is 0 Å². The van der Waals surface area contributed by atoms with Gasteiger partial charge in [-0.1, -0.05) is 0 Å². The Hall–Kier alpha value is 1.15. The third-order valence-electron chi connectivity index (χ3n) is 0. The number of halogens is 1. The topological polar surface area (TPSA) is 40.5 Å². The number of rotatable bonds is 0. The summed E-state index contributed by atoms with van der Waals surface area (Å²) in [5, 5.41) is 12.0. The van der Waals surface area contributed by atoms with Crippen molar-refractivity contribution < 1.29 is 38.2 Å². The minimum Gasteiger partial charge on any atom is -0.255 e. The zero-order chi connectivity index (χ0) is 2.00. The van der Waals surface area contributed by atoms with Crippen LogP contribution in [0.5, 0.6) is 0 Å². The summed E-state index contributed by atoms with van der Waals surface area (Å²) in [5.41, 5.74) is 0. The first-order chi connectivity index (χ1) is 1.00. The molecule has 0 fully saturated rings. The maximum absolute atomic E-state index is 6.00. The monoisotopic (exact) mass is 272 g/mol. The Labute approximate surface area is 50.7 Å². The summed E-state index contributed by atoms with van der Waals surface area (Å²) >= 11 is 0. The smallest absolute Gasteiger partial charge is 0 e. The first-order valence-electron chi connectivity index (χ1n) is 0.200. The SMILES string of the molecule is Cl.OO.[Hg]. The molecule has 24 valence electrons. The Morgan fingerprint density at radius 1 is 1.00 bits per heavy atom. The van der Waals surface area contributed by atoms with Gasteiger partial charge in [-0.05, 0) is 0 Å². The fourth-order valence-corrected chi connectivity index (χ4v) is 0. The molecular weight excluding hydrogens is 268 g/mol. The first kappa shape index (κ1) is 19.2. The van der Waals surface area contributed by atoms with E-state index >= 15 is 0 Å². The van der Waals surface area contributed by atoms with E-state index in [1.807, 2.05) is 0 Å². The van der Waals surface area contributed by atoms with Gasteiger partial charge >= 0.3 is 0 Å². The average molecular weight is 271 g/mol. The molecule has 4 heavy (non-hydrogen) atoms. The Morgan fingerprint density at radius 2 is 1.00 bits per heavy atom. The van der Waals surface area contributed by atoms with Gasteiger partial charge in [0.15, 0.2) is 0 Å². The molecule has 0 aromatic carbocycles. The maximum Gasteiger partial charge on any atom is 0 e. The molecule has 0 saturated heterocycles.